The third-order valence-corrected chi connectivity index (χ3v) is 11.5. The Morgan fingerprint density at radius 2 is 0.500 bits per heavy atom. The molecule has 0 radical (unpaired) electrons. The molecule has 0 spiro atoms. The smallest absolute Gasteiger partial charge is 0.0267 e. The minimum absolute atomic E-state index is 0.446. The molecule has 6 aromatic carbocycles. The maximum absolute atomic E-state index is 7.50. The third kappa shape index (κ3) is 12.9. The Hall–Kier alpha value is -4.02. The van der Waals surface area contributed by atoms with Crippen LogP contribution in [0.5, 0.6) is 0 Å². The summed E-state index contributed by atoms with van der Waals surface area (Å²) in [4.78, 5) is 3.78. The molecule has 7 rings (SSSR count). The van der Waals surface area contributed by atoms with Crippen molar-refractivity contribution in [3.8, 4) is 0 Å². The second-order valence-electron chi connectivity index (χ2n) is 9.71. The van der Waals surface area contributed by atoms with Crippen molar-refractivity contribution >= 4 is 57.4 Å². The average Bonchev–Trinajstić information content (AvgIpc) is 3.20. The molecule has 0 saturated heterocycles. The molecule has 7 aromatic rings. The minimum atomic E-state index is -0.446. The molecule has 2 nitrogen and oxygen atoms in total. The van der Waals surface area contributed by atoms with Gasteiger partial charge in [0.2, 0.25) is 0 Å². The molecule has 6 heteroatoms. The number of aromatic nitrogens is 1. The zero-order chi connectivity index (χ0) is 34.1. The van der Waals surface area contributed by atoms with Crippen molar-refractivity contribution in [2.24, 2.45) is 0 Å². The van der Waals surface area contributed by atoms with E-state index in [2.05, 4.69) is 203 Å². The van der Waals surface area contributed by atoms with E-state index in [4.69, 9.17) is 4.65 Å². The summed E-state index contributed by atoms with van der Waals surface area (Å²) in [6.45, 7) is 4.50. The van der Waals surface area contributed by atoms with Gasteiger partial charge in [0.25, 0.3) is 0 Å². The first kappa shape index (κ1) is 38.4. The molecule has 0 aliphatic rings. The second-order valence-corrected chi connectivity index (χ2v) is 14.1. The number of pyridine rings is 1. The molecule has 0 bridgehead atoms. The summed E-state index contributed by atoms with van der Waals surface area (Å²) in [6.07, 6.45) is 3.50. The molecule has 0 unspecified atom stereocenters. The van der Waals surface area contributed by atoms with Crippen LogP contribution in [0, 0.1) is 6.65 Å². The summed E-state index contributed by atoms with van der Waals surface area (Å²) < 4.78 is 7.50. The number of hydrogen-bond acceptors (Lipinski definition) is 1. The van der Waals surface area contributed by atoms with Crippen molar-refractivity contribution in [2.45, 2.75) is 0 Å². The van der Waals surface area contributed by atoms with Crippen LogP contribution in [0.15, 0.2) is 213 Å². The fraction of sp³-hybridized carbons (Fsp3) is 0. The molecular formula is C42H36ClNOP2Ru. The van der Waals surface area contributed by atoms with Gasteiger partial charge in [-0.25, -0.2) is 0 Å². The molecule has 48 heavy (non-hydrogen) atoms. The first-order chi connectivity index (χ1) is 23.9. The summed E-state index contributed by atoms with van der Waals surface area (Å²) in [7, 11) is 3.72. The molecule has 0 saturated carbocycles. The number of hydrogen-bond donors (Lipinski definition) is 0. The first-order valence-electron chi connectivity index (χ1n) is 15.0. The predicted molar refractivity (Wildman–Crippen MR) is 206 cm³/mol. The maximum Gasteiger partial charge on any atom is 0.0267 e. The maximum atomic E-state index is 7.50. The molecule has 0 aliphatic heterocycles. The molecule has 0 N–H and O–H groups in total. The summed E-state index contributed by atoms with van der Waals surface area (Å²) in [5, 5.41) is 8.39. The number of benzene rings is 6. The molecule has 0 aliphatic carbocycles. The van der Waals surface area contributed by atoms with Crippen LogP contribution in [-0.2, 0) is 22.0 Å². The van der Waals surface area contributed by atoms with Crippen molar-refractivity contribution in [2.75, 3.05) is 0 Å². The van der Waals surface area contributed by atoms with Crippen LogP contribution in [-0.4, -0.2) is 4.98 Å². The Morgan fingerprint density at radius 1 is 0.333 bits per heavy atom. The van der Waals surface area contributed by atoms with E-state index in [0.717, 1.165) is 0 Å². The van der Waals surface area contributed by atoms with E-state index in [0.29, 0.717) is 0 Å². The molecule has 1 aromatic heterocycles. The van der Waals surface area contributed by atoms with Crippen molar-refractivity contribution in [1.29, 1.82) is 0 Å². The summed E-state index contributed by atoms with van der Waals surface area (Å²) in [5.74, 6) is 0. The fourth-order valence-corrected chi connectivity index (χ4v) is 9.28. The van der Waals surface area contributed by atoms with Gasteiger partial charge in [0.1, 0.15) is 0 Å². The van der Waals surface area contributed by atoms with E-state index in [1.54, 1.807) is 29.7 Å². The largest absolute Gasteiger partial charge is 0.265 e. The first-order valence-corrected chi connectivity index (χ1v) is 20.1. The number of halogens is 1. The third-order valence-electron chi connectivity index (χ3n) is 6.65. The SMILES string of the molecule is [C-]#[O+].[Cl][RuH].c1ccc(P(c2ccccc2)c2ccccc2)cc1.c1ccc(P(c2ccccc2)c2ccccc2)cc1.c1ccncc1. The summed E-state index contributed by atoms with van der Waals surface area (Å²) >= 11 is 1.62. The van der Waals surface area contributed by atoms with Crippen LogP contribution < -0.4 is 31.8 Å². The van der Waals surface area contributed by atoms with Gasteiger partial charge in [-0.2, -0.15) is 0 Å². The second kappa shape index (κ2) is 24.2. The molecule has 240 valence electrons. The predicted octanol–water partition coefficient (Wildman–Crippen LogP) is 8.35. The van der Waals surface area contributed by atoms with Crippen molar-refractivity contribution in [1.82, 2.24) is 4.98 Å². The van der Waals surface area contributed by atoms with E-state index in [-0.39, 0.29) is 0 Å². The van der Waals surface area contributed by atoms with Crippen molar-refractivity contribution < 1.29 is 22.0 Å². The normalized spacial score (nSPS) is 9.56. The molecular weight excluding hydrogens is 733 g/mol. The number of rotatable bonds is 6. The topological polar surface area (TPSA) is 32.8 Å². The van der Waals surface area contributed by atoms with Gasteiger partial charge in [-0.05, 0) is 59.8 Å². The van der Waals surface area contributed by atoms with E-state index in [9.17, 15) is 0 Å². The van der Waals surface area contributed by atoms with Crippen molar-refractivity contribution in [3.63, 3.8) is 0 Å². The van der Waals surface area contributed by atoms with E-state index >= 15 is 0 Å². The van der Waals surface area contributed by atoms with Crippen LogP contribution in [0.2, 0.25) is 0 Å². The zero-order valence-electron chi connectivity index (χ0n) is 26.2. The van der Waals surface area contributed by atoms with Crippen LogP contribution >= 0.6 is 25.5 Å². The van der Waals surface area contributed by atoms with E-state index in [1.807, 2.05) is 18.2 Å². The minimum Gasteiger partial charge on any atom is -0.265 e. The molecule has 0 fully saturated rings. The molecule has 1 heterocycles. The monoisotopic (exact) mass is 769 g/mol. The Morgan fingerprint density at radius 3 is 0.625 bits per heavy atom. The van der Waals surface area contributed by atoms with Gasteiger partial charge in [0, 0.05) is 12.4 Å². The van der Waals surface area contributed by atoms with Crippen LogP contribution in [0.3, 0.4) is 0 Å². The molecule has 0 amide bonds. The Balaban J connectivity index is 0.000000204. The van der Waals surface area contributed by atoms with E-state index in [1.165, 1.54) is 31.8 Å². The van der Waals surface area contributed by atoms with Gasteiger partial charge in [0.05, 0.1) is 0 Å². The fourth-order valence-electron chi connectivity index (χ4n) is 4.67. The molecule has 0 atom stereocenters. The van der Waals surface area contributed by atoms with Crippen LogP contribution in [0.1, 0.15) is 0 Å². The van der Waals surface area contributed by atoms with Gasteiger partial charge in [0.15, 0.2) is 0 Å². The van der Waals surface area contributed by atoms with Crippen molar-refractivity contribution in [3.05, 3.63) is 219 Å². The Kier molecular flexibility index (Phi) is 19.4. The number of nitrogens with zero attached hydrogens (tertiary/aromatic N) is 1. The summed E-state index contributed by atoms with van der Waals surface area (Å²) in [5.41, 5.74) is 0. The van der Waals surface area contributed by atoms with Gasteiger partial charge in [-0.3, -0.25) is 4.98 Å². The van der Waals surface area contributed by atoms with E-state index < -0.39 is 15.8 Å². The van der Waals surface area contributed by atoms with Gasteiger partial charge < -0.3 is 0 Å². The summed E-state index contributed by atoms with van der Waals surface area (Å²) in [6, 6.07) is 70.4. The Bertz CT molecular complexity index is 1450. The van der Waals surface area contributed by atoms with Crippen LogP contribution in [0.4, 0.5) is 0 Å². The standard InChI is InChI=1S/2C18H15P.C5H5N.CO.ClH.Ru.H/c2*1-4-10-16(11-5-1)19(17-12-6-2-7-13-17)18-14-8-3-9-15-18;1-2-4-6-5-3-1;1-2;;;/h2*1-15H;1-5H;;1H;;/q;;;;;+1;/p-1. The average molecular weight is 769 g/mol. The zero-order valence-corrected chi connectivity index (χ0v) is 30.6. The van der Waals surface area contributed by atoms with Crippen LogP contribution in [0.25, 0.3) is 0 Å². The Labute approximate surface area is 301 Å². The van der Waals surface area contributed by atoms with Gasteiger partial charge in [-0.1, -0.05) is 188 Å². The van der Waals surface area contributed by atoms with Gasteiger partial charge in [-0.15, -0.1) is 0 Å². The quantitative estimate of drug-likeness (QED) is 0.0725. The van der Waals surface area contributed by atoms with Gasteiger partial charge >= 0.3 is 38.3 Å².